The average Bonchev–Trinajstić information content (AvgIpc) is 3.34. The van der Waals surface area contributed by atoms with Crippen molar-refractivity contribution in [1.82, 2.24) is 15.3 Å². The minimum absolute atomic E-state index is 0.105. The van der Waals surface area contributed by atoms with Gasteiger partial charge in [-0.15, -0.1) is 0 Å². The van der Waals surface area contributed by atoms with Crippen molar-refractivity contribution >= 4 is 29.3 Å². The first-order chi connectivity index (χ1) is 20.5. The van der Waals surface area contributed by atoms with Crippen LogP contribution in [0, 0.1) is 11.2 Å². The Morgan fingerprint density at radius 3 is 2.41 bits per heavy atom. The van der Waals surface area contributed by atoms with Crippen LogP contribution in [0.5, 0.6) is 5.88 Å². The molecule has 8 nitrogen and oxygen atoms in total. The maximum atomic E-state index is 14.5. The second kappa shape index (κ2) is 11.6. The first kappa shape index (κ1) is 31.6. The van der Waals surface area contributed by atoms with Crippen LogP contribution in [0.1, 0.15) is 36.5 Å². The molecule has 0 amide bonds. The van der Waals surface area contributed by atoms with Crippen LogP contribution in [0.25, 0.3) is 11.1 Å². The van der Waals surface area contributed by atoms with Gasteiger partial charge in [-0.2, -0.15) is 36.3 Å². The summed E-state index contributed by atoms with van der Waals surface area (Å²) >= 11 is 6.00. The molecule has 44 heavy (non-hydrogen) atoms. The van der Waals surface area contributed by atoms with Gasteiger partial charge in [0.15, 0.2) is 0 Å². The molecule has 2 saturated heterocycles. The zero-order chi connectivity index (χ0) is 32.0. The number of anilines is 2. The maximum Gasteiger partial charge on any atom is 0.429 e. The molecule has 4 N–H and O–H groups in total. The summed E-state index contributed by atoms with van der Waals surface area (Å²) in [6.07, 6.45) is -11.2. The van der Waals surface area contributed by atoms with Gasteiger partial charge < -0.3 is 25.8 Å². The van der Waals surface area contributed by atoms with Gasteiger partial charge in [-0.1, -0.05) is 17.7 Å². The molecule has 3 heterocycles. The van der Waals surface area contributed by atoms with E-state index in [4.69, 9.17) is 22.1 Å². The first-order valence-corrected chi connectivity index (χ1v) is 13.7. The van der Waals surface area contributed by atoms with Crippen LogP contribution in [0.3, 0.4) is 0 Å². The summed E-state index contributed by atoms with van der Waals surface area (Å²) in [5, 5.41) is 12.2. The van der Waals surface area contributed by atoms with Crippen LogP contribution in [0.15, 0.2) is 42.5 Å². The Morgan fingerprint density at radius 2 is 1.80 bits per heavy atom. The lowest BCUT2D eigenvalue weighted by molar-refractivity contribution is -0.198. The number of aromatic nitrogens is 2. The Balaban J connectivity index is 1.45. The third-order valence-electron chi connectivity index (χ3n) is 7.88. The van der Waals surface area contributed by atoms with Crippen molar-refractivity contribution in [2.75, 3.05) is 30.3 Å². The van der Waals surface area contributed by atoms with Crippen LogP contribution < -0.4 is 20.7 Å². The number of hydrogen-bond donors (Lipinski definition) is 3. The van der Waals surface area contributed by atoms with Crippen molar-refractivity contribution in [3.8, 4) is 17.0 Å². The molecular weight excluding hydrogens is 623 g/mol. The quantitative estimate of drug-likeness (QED) is 0.269. The van der Waals surface area contributed by atoms with E-state index in [1.54, 1.807) is 4.90 Å². The van der Waals surface area contributed by atoms with Crippen molar-refractivity contribution in [1.29, 1.82) is 0 Å². The third kappa shape index (κ3) is 6.78. The minimum Gasteiger partial charge on any atom is -0.480 e. The number of rotatable bonds is 6. The van der Waals surface area contributed by atoms with Crippen molar-refractivity contribution < 1.29 is 45.4 Å². The number of carbonyl (C=O) groups is 1. The van der Waals surface area contributed by atoms with E-state index in [0.29, 0.717) is 51.0 Å². The second-order valence-electron chi connectivity index (χ2n) is 10.9. The smallest absolute Gasteiger partial charge is 0.429 e. The Bertz CT molecular complexity index is 1560. The lowest BCUT2D eigenvalue weighted by Gasteiger charge is -2.39. The molecule has 2 aliphatic heterocycles. The van der Waals surface area contributed by atoms with Gasteiger partial charge in [0.2, 0.25) is 17.9 Å². The summed E-state index contributed by atoms with van der Waals surface area (Å²) in [6.45, 7) is 1.34. The highest BCUT2D eigenvalue weighted by Gasteiger charge is 2.46. The van der Waals surface area contributed by atoms with Crippen molar-refractivity contribution in [3.63, 3.8) is 0 Å². The zero-order valence-corrected chi connectivity index (χ0v) is 23.4. The lowest BCUT2D eigenvalue weighted by Crippen LogP contribution is -2.41. The Morgan fingerprint density at radius 1 is 1.09 bits per heavy atom. The SMILES string of the molecule is Nc1nc(OC(c2ccc(Cl)cc2-c2cc(F)cc(C(F)(F)F)c2)C(F)(F)F)cc(N2CCC3(CC2)CN[C@H](C(=O)O)C3)n1. The fourth-order valence-electron chi connectivity index (χ4n) is 5.68. The van der Waals surface area contributed by atoms with Crippen molar-refractivity contribution in [2.24, 2.45) is 5.41 Å². The Labute approximate surface area is 251 Å². The van der Waals surface area contributed by atoms with Gasteiger partial charge in [-0.05, 0) is 66.1 Å². The fourth-order valence-corrected chi connectivity index (χ4v) is 5.85. The summed E-state index contributed by atoms with van der Waals surface area (Å²) in [6, 6.07) is 4.96. The molecular formula is C28H25ClF7N5O3. The van der Waals surface area contributed by atoms with Crippen molar-refractivity contribution in [3.05, 3.63) is 64.4 Å². The molecule has 0 saturated carbocycles. The van der Waals surface area contributed by atoms with Gasteiger partial charge in [-0.3, -0.25) is 4.79 Å². The summed E-state index contributed by atoms with van der Waals surface area (Å²) in [5.41, 5.74) is 2.61. The Hall–Kier alpha value is -3.85. The summed E-state index contributed by atoms with van der Waals surface area (Å²) in [7, 11) is 0. The van der Waals surface area contributed by atoms with E-state index in [-0.39, 0.29) is 28.3 Å². The number of benzene rings is 2. The van der Waals surface area contributed by atoms with E-state index < -0.39 is 64.4 Å². The van der Waals surface area contributed by atoms with E-state index >= 15 is 0 Å². The summed E-state index contributed by atoms with van der Waals surface area (Å²) in [4.78, 5) is 21.1. The standard InChI is InChI=1S/C28H25ClF7N5O3/c29-16-1-2-18(19(10-16)14-7-15(27(31,32)33)9-17(30)8-14)23(28(34,35)36)44-22-11-21(39-25(37)40-22)41-5-3-26(4-6-41)12-20(24(42)43)38-13-26/h1-2,7-11,20,23,38H,3-6,12-13H2,(H,42,43)(H2,37,39,40)/t20-,23?/m0/s1. The van der Waals surface area contributed by atoms with Gasteiger partial charge >= 0.3 is 18.3 Å². The fraction of sp³-hybridized carbons (Fsp3) is 0.393. The molecule has 1 unspecified atom stereocenters. The number of nitrogens with two attached hydrogens (primary N) is 1. The summed E-state index contributed by atoms with van der Waals surface area (Å²) < 4.78 is 103. The van der Waals surface area contributed by atoms with Crippen LogP contribution >= 0.6 is 11.6 Å². The number of aliphatic carboxylic acids is 1. The zero-order valence-electron chi connectivity index (χ0n) is 22.6. The van der Waals surface area contributed by atoms with Gasteiger partial charge in [0.25, 0.3) is 0 Å². The predicted molar refractivity (Wildman–Crippen MR) is 146 cm³/mol. The molecule has 3 aromatic rings. The van der Waals surface area contributed by atoms with Gasteiger partial charge in [-0.25, -0.2) is 4.39 Å². The molecule has 2 aliphatic rings. The predicted octanol–water partition coefficient (Wildman–Crippen LogP) is 6.25. The molecule has 2 atom stereocenters. The van der Waals surface area contributed by atoms with Crippen LogP contribution in [-0.4, -0.2) is 52.9 Å². The number of nitrogens with zero attached hydrogens (tertiary/aromatic N) is 3. The highest BCUT2D eigenvalue weighted by molar-refractivity contribution is 6.30. The van der Waals surface area contributed by atoms with E-state index in [9.17, 15) is 40.6 Å². The highest BCUT2D eigenvalue weighted by Crippen LogP contribution is 2.44. The highest BCUT2D eigenvalue weighted by atomic mass is 35.5. The number of alkyl halides is 6. The van der Waals surface area contributed by atoms with Crippen LogP contribution in [-0.2, 0) is 11.0 Å². The average molecular weight is 648 g/mol. The molecule has 1 spiro atoms. The topological polar surface area (TPSA) is 114 Å². The molecule has 2 aromatic carbocycles. The number of ether oxygens (including phenoxy) is 1. The number of piperidine rings is 1. The molecule has 1 aromatic heterocycles. The molecule has 0 radical (unpaired) electrons. The van der Waals surface area contributed by atoms with Crippen LogP contribution in [0.2, 0.25) is 5.02 Å². The van der Waals surface area contributed by atoms with E-state index in [0.717, 1.165) is 18.2 Å². The number of carboxylic acid groups (broad SMARTS) is 1. The van der Waals surface area contributed by atoms with Gasteiger partial charge in [0, 0.05) is 36.3 Å². The van der Waals surface area contributed by atoms with Gasteiger partial charge in [0.1, 0.15) is 17.7 Å². The maximum absolute atomic E-state index is 14.5. The summed E-state index contributed by atoms with van der Waals surface area (Å²) in [5.74, 6) is -3.01. The van der Waals surface area contributed by atoms with E-state index in [2.05, 4.69) is 15.3 Å². The number of nitrogens with one attached hydrogen (secondary N) is 1. The first-order valence-electron chi connectivity index (χ1n) is 13.3. The number of hydrogen-bond acceptors (Lipinski definition) is 7. The number of nitrogen functional groups attached to an aromatic ring is 1. The third-order valence-corrected chi connectivity index (χ3v) is 8.12. The molecule has 0 aliphatic carbocycles. The monoisotopic (exact) mass is 647 g/mol. The normalized spacial score (nSPS) is 19.3. The minimum atomic E-state index is -5.11. The number of halogens is 8. The molecule has 236 valence electrons. The molecule has 5 rings (SSSR count). The Kier molecular flexibility index (Phi) is 8.31. The second-order valence-corrected chi connectivity index (χ2v) is 11.3. The molecule has 0 bridgehead atoms. The lowest BCUT2D eigenvalue weighted by atomic mass is 9.76. The number of carboxylic acids is 1. The van der Waals surface area contributed by atoms with E-state index in [1.807, 2.05) is 0 Å². The largest absolute Gasteiger partial charge is 0.480 e. The van der Waals surface area contributed by atoms with Crippen LogP contribution in [0.4, 0.5) is 42.5 Å². The van der Waals surface area contributed by atoms with E-state index in [1.165, 1.54) is 6.07 Å². The molecule has 2 fully saturated rings. The molecule has 16 heteroatoms. The van der Waals surface area contributed by atoms with Crippen molar-refractivity contribution in [2.45, 2.75) is 43.8 Å². The van der Waals surface area contributed by atoms with Gasteiger partial charge in [0.05, 0.1) is 5.56 Å².